The monoisotopic (exact) mass is 322 g/mol. The van der Waals surface area contributed by atoms with Gasteiger partial charge in [-0.3, -0.25) is 4.79 Å². The van der Waals surface area contributed by atoms with Crippen LogP contribution in [0.2, 0.25) is 0 Å². The Labute approximate surface area is 119 Å². The van der Waals surface area contributed by atoms with E-state index in [-0.39, 0.29) is 17.8 Å². The van der Waals surface area contributed by atoms with Crippen molar-refractivity contribution in [2.24, 2.45) is 0 Å². The van der Waals surface area contributed by atoms with Gasteiger partial charge in [-0.05, 0) is 45.8 Å². The molecule has 2 aromatic rings. The molecule has 0 aromatic heterocycles. The van der Waals surface area contributed by atoms with Crippen molar-refractivity contribution < 1.29 is 13.9 Å². The van der Waals surface area contributed by atoms with E-state index in [0.717, 1.165) is 10.0 Å². The predicted octanol–water partition coefficient (Wildman–Crippen LogP) is 4.02. The number of hydrogen-bond donors (Lipinski definition) is 0. The van der Waals surface area contributed by atoms with Crippen LogP contribution in [0.15, 0.2) is 46.9 Å². The topological polar surface area (TPSA) is 26.3 Å². The van der Waals surface area contributed by atoms with Gasteiger partial charge in [0.05, 0.1) is 17.1 Å². The third-order valence-corrected chi connectivity index (χ3v) is 3.37. The molecule has 2 aromatic carbocycles. The molecule has 0 spiro atoms. The van der Waals surface area contributed by atoms with Crippen molar-refractivity contribution in [3.05, 3.63) is 63.9 Å². The summed E-state index contributed by atoms with van der Waals surface area (Å²) in [4.78, 5) is 12.0. The van der Waals surface area contributed by atoms with Gasteiger partial charge < -0.3 is 4.74 Å². The molecule has 0 saturated carbocycles. The molecule has 19 heavy (non-hydrogen) atoms. The minimum atomic E-state index is -0.486. The number of rotatable bonds is 4. The molecule has 4 heteroatoms. The molecule has 2 rings (SSSR count). The van der Waals surface area contributed by atoms with Crippen LogP contribution < -0.4 is 4.74 Å². The number of ketones is 1. The molecular weight excluding hydrogens is 311 g/mol. The van der Waals surface area contributed by atoms with E-state index in [2.05, 4.69) is 15.9 Å². The summed E-state index contributed by atoms with van der Waals surface area (Å²) in [5.41, 5.74) is 0.926. The molecule has 0 heterocycles. The molecule has 0 fully saturated rings. The van der Waals surface area contributed by atoms with Gasteiger partial charge in [-0.25, -0.2) is 4.39 Å². The van der Waals surface area contributed by atoms with Crippen molar-refractivity contribution in [1.82, 2.24) is 0 Å². The van der Waals surface area contributed by atoms with E-state index in [9.17, 15) is 9.18 Å². The van der Waals surface area contributed by atoms with Crippen molar-refractivity contribution in [1.29, 1.82) is 0 Å². The minimum Gasteiger partial charge on any atom is -0.496 e. The van der Waals surface area contributed by atoms with Gasteiger partial charge in [0, 0.05) is 6.42 Å². The first kappa shape index (κ1) is 13.7. The average molecular weight is 323 g/mol. The van der Waals surface area contributed by atoms with Gasteiger partial charge in [0.25, 0.3) is 0 Å². The molecule has 0 aliphatic carbocycles. The third-order valence-electron chi connectivity index (χ3n) is 2.76. The highest BCUT2D eigenvalue weighted by Crippen LogP contribution is 2.26. The molecule has 2 nitrogen and oxygen atoms in total. The van der Waals surface area contributed by atoms with E-state index in [4.69, 9.17) is 4.74 Å². The lowest BCUT2D eigenvalue weighted by Gasteiger charge is -2.06. The molecule has 0 atom stereocenters. The second-order valence-corrected chi connectivity index (χ2v) is 4.90. The lowest BCUT2D eigenvalue weighted by molar-refractivity contribution is 0.0989. The predicted molar refractivity (Wildman–Crippen MR) is 75.1 cm³/mol. The maximum atomic E-state index is 13.5. The number of hydrogen-bond acceptors (Lipinski definition) is 2. The third kappa shape index (κ3) is 3.20. The number of halogens is 2. The highest BCUT2D eigenvalue weighted by molar-refractivity contribution is 9.10. The van der Waals surface area contributed by atoms with Crippen LogP contribution in [0.25, 0.3) is 0 Å². The van der Waals surface area contributed by atoms with Crippen molar-refractivity contribution in [3.63, 3.8) is 0 Å². The van der Waals surface area contributed by atoms with Crippen LogP contribution in [0.1, 0.15) is 15.9 Å². The Morgan fingerprint density at radius 3 is 2.63 bits per heavy atom. The number of benzene rings is 2. The fourth-order valence-electron chi connectivity index (χ4n) is 1.79. The summed E-state index contributed by atoms with van der Waals surface area (Å²) in [6.45, 7) is 0. The summed E-state index contributed by atoms with van der Waals surface area (Å²) < 4.78 is 19.4. The number of Topliss-reactive ketones (excluding diaryl/α,β-unsaturated/α-hetero) is 1. The Bertz CT molecular complexity index is 611. The van der Waals surface area contributed by atoms with Crippen LogP contribution in [0, 0.1) is 5.82 Å². The van der Waals surface area contributed by atoms with Gasteiger partial charge in [-0.1, -0.05) is 18.2 Å². The first-order valence-corrected chi connectivity index (χ1v) is 6.51. The molecule has 0 unspecified atom stereocenters. The highest BCUT2D eigenvalue weighted by Gasteiger charge is 2.12. The van der Waals surface area contributed by atoms with Gasteiger partial charge in [-0.2, -0.15) is 0 Å². The quantitative estimate of drug-likeness (QED) is 0.795. The maximum absolute atomic E-state index is 13.5. The number of carbonyl (C=O) groups excluding carboxylic acids is 1. The highest BCUT2D eigenvalue weighted by atomic mass is 79.9. The zero-order valence-electron chi connectivity index (χ0n) is 10.3. The summed E-state index contributed by atoms with van der Waals surface area (Å²) in [5.74, 6) is -0.0302. The van der Waals surface area contributed by atoms with Crippen LogP contribution in [-0.2, 0) is 6.42 Å². The normalized spacial score (nSPS) is 10.3. The maximum Gasteiger partial charge on any atom is 0.170 e. The summed E-state index contributed by atoms with van der Waals surface area (Å²) in [6, 6.07) is 11.4. The van der Waals surface area contributed by atoms with Gasteiger partial charge in [0.1, 0.15) is 11.6 Å². The number of ether oxygens (including phenoxy) is 1. The first-order valence-electron chi connectivity index (χ1n) is 5.72. The van der Waals surface area contributed by atoms with Crippen molar-refractivity contribution in [3.8, 4) is 5.75 Å². The van der Waals surface area contributed by atoms with E-state index in [1.807, 2.05) is 0 Å². The Balaban J connectivity index is 2.20. The van der Waals surface area contributed by atoms with Crippen LogP contribution in [0.3, 0.4) is 0 Å². The molecule has 0 N–H and O–H groups in total. The van der Waals surface area contributed by atoms with Crippen molar-refractivity contribution in [2.45, 2.75) is 6.42 Å². The fraction of sp³-hybridized carbons (Fsp3) is 0.133. The van der Waals surface area contributed by atoms with Gasteiger partial charge >= 0.3 is 0 Å². The Morgan fingerprint density at radius 2 is 2.00 bits per heavy atom. The largest absolute Gasteiger partial charge is 0.496 e. The Morgan fingerprint density at radius 1 is 1.26 bits per heavy atom. The second-order valence-electron chi connectivity index (χ2n) is 4.05. The summed E-state index contributed by atoms with van der Waals surface area (Å²) in [6.07, 6.45) is 0.156. The van der Waals surface area contributed by atoms with Gasteiger partial charge in [-0.15, -0.1) is 0 Å². The van der Waals surface area contributed by atoms with E-state index in [1.54, 1.807) is 37.4 Å². The van der Waals surface area contributed by atoms with Crippen LogP contribution in [0.4, 0.5) is 4.39 Å². The molecule has 0 aliphatic heterocycles. The van der Waals surface area contributed by atoms with E-state index in [0.29, 0.717) is 5.75 Å². The SMILES string of the molecule is COc1ccc(CC(=O)c2ccccc2F)cc1Br. The zero-order valence-corrected chi connectivity index (χ0v) is 11.9. The van der Waals surface area contributed by atoms with Crippen LogP contribution in [-0.4, -0.2) is 12.9 Å². The van der Waals surface area contributed by atoms with Crippen molar-refractivity contribution in [2.75, 3.05) is 7.11 Å². The zero-order chi connectivity index (χ0) is 13.8. The molecule has 0 aliphatic rings. The second kappa shape index (κ2) is 5.97. The molecule has 98 valence electrons. The summed E-state index contributed by atoms with van der Waals surface area (Å²) in [5, 5.41) is 0. The van der Waals surface area contributed by atoms with E-state index in [1.165, 1.54) is 12.1 Å². The molecular formula is C15H12BrFO2. The lowest BCUT2D eigenvalue weighted by atomic mass is 10.0. The Kier molecular flexibility index (Phi) is 4.32. The van der Waals surface area contributed by atoms with Gasteiger partial charge in [0.2, 0.25) is 0 Å². The number of methoxy groups -OCH3 is 1. The smallest absolute Gasteiger partial charge is 0.170 e. The first-order chi connectivity index (χ1) is 9.11. The van der Waals surface area contributed by atoms with E-state index >= 15 is 0 Å². The van der Waals surface area contributed by atoms with Crippen LogP contribution in [0.5, 0.6) is 5.75 Å². The Hall–Kier alpha value is -1.68. The molecule has 0 amide bonds. The average Bonchev–Trinajstić information content (AvgIpc) is 2.39. The standard InChI is InChI=1S/C15H12BrFO2/c1-19-15-7-6-10(8-12(15)16)9-14(18)11-4-2-3-5-13(11)17/h2-8H,9H2,1H3. The number of carbonyl (C=O) groups is 1. The fourth-order valence-corrected chi connectivity index (χ4v) is 2.38. The summed E-state index contributed by atoms with van der Waals surface area (Å²) >= 11 is 3.36. The van der Waals surface area contributed by atoms with Gasteiger partial charge in [0.15, 0.2) is 5.78 Å². The lowest BCUT2D eigenvalue weighted by Crippen LogP contribution is -2.06. The minimum absolute atomic E-state index is 0.120. The molecule has 0 bridgehead atoms. The van der Waals surface area contributed by atoms with E-state index < -0.39 is 5.82 Å². The van der Waals surface area contributed by atoms with Crippen molar-refractivity contribution >= 4 is 21.7 Å². The molecule has 0 radical (unpaired) electrons. The summed E-state index contributed by atoms with van der Waals surface area (Å²) in [7, 11) is 1.57. The van der Waals surface area contributed by atoms with Crippen LogP contribution >= 0.6 is 15.9 Å². The molecule has 0 saturated heterocycles.